The molecule has 14 heavy (non-hydrogen) atoms. The van der Waals surface area contributed by atoms with E-state index in [1.807, 2.05) is 0 Å². The second kappa shape index (κ2) is 3.84. The van der Waals surface area contributed by atoms with Gasteiger partial charge < -0.3 is 5.11 Å². The van der Waals surface area contributed by atoms with Gasteiger partial charge in [-0.15, -0.1) is 0 Å². The van der Waals surface area contributed by atoms with Gasteiger partial charge in [-0.2, -0.15) is 0 Å². The summed E-state index contributed by atoms with van der Waals surface area (Å²) in [6, 6.07) is 0. The number of aliphatic hydroxyl groups is 1. The fourth-order valence-electron chi connectivity index (χ4n) is 3.19. The summed E-state index contributed by atoms with van der Waals surface area (Å²) < 4.78 is 0. The summed E-state index contributed by atoms with van der Waals surface area (Å²) in [4.78, 5) is 0. The summed E-state index contributed by atoms with van der Waals surface area (Å²) in [7, 11) is 0. The van der Waals surface area contributed by atoms with Gasteiger partial charge >= 0.3 is 0 Å². The molecule has 1 N–H and O–H groups in total. The minimum Gasteiger partial charge on any atom is -0.390 e. The van der Waals surface area contributed by atoms with E-state index < -0.39 is 0 Å². The van der Waals surface area contributed by atoms with Crippen molar-refractivity contribution < 1.29 is 5.11 Å². The van der Waals surface area contributed by atoms with Crippen molar-refractivity contribution in [2.75, 3.05) is 0 Å². The van der Waals surface area contributed by atoms with Crippen LogP contribution in [0.3, 0.4) is 0 Å². The van der Waals surface area contributed by atoms with Gasteiger partial charge in [0.1, 0.15) is 0 Å². The first-order valence-corrected chi connectivity index (χ1v) is 6.37. The van der Waals surface area contributed by atoms with E-state index in [1.54, 1.807) is 0 Å². The van der Waals surface area contributed by atoms with Crippen molar-refractivity contribution in [3.63, 3.8) is 0 Å². The Labute approximate surface area is 87.9 Å². The van der Waals surface area contributed by atoms with Crippen LogP contribution < -0.4 is 0 Å². The second-order valence-corrected chi connectivity index (χ2v) is 5.64. The van der Waals surface area contributed by atoms with Crippen LogP contribution in [0.4, 0.5) is 0 Å². The van der Waals surface area contributed by atoms with Crippen molar-refractivity contribution in [1.82, 2.24) is 0 Å². The van der Waals surface area contributed by atoms with Crippen molar-refractivity contribution in [3.05, 3.63) is 0 Å². The maximum Gasteiger partial charge on any atom is 0.0675 e. The average Bonchev–Trinajstić information content (AvgIpc) is 3.01. The van der Waals surface area contributed by atoms with E-state index in [0.29, 0.717) is 11.8 Å². The Bertz CT molecular complexity index is 193. The van der Waals surface area contributed by atoms with E-state index in [2.05, 4.69) is 13.8 Å². The van der Waals surface area contributed by atoms with Crippen molar-refractivity contribution in [2.24, 2.45) is 17.8 Å². The third kappa shape index (κ3) is 1.98. The summed E-state index contributed by atoms with van der Waals surface area (Å²) in [6.45, 7) is 4.38. The van der Waals surface area contributed by atoms with Gasteiger partial charge in [0, 0.05) is 0 Å². The molecule has 0 radical (unpaired) electrons. The molecule has 3 unspecified atom stereocenters. The van der Waals surface area contributed by atoms with E-state index in [1.165, 1.54) is 44.9 Å². The highest BCUT2D eigenvalue weighted by molar-refractivity contribution is 4.97. The molecule has 0 aromatic rings. The molecule has 0 aromatic carbocycles. The Morgan fingerprint density at radius 3 is 2.43 bits per heavy atom. The molecule has 0 aromatic heterocycles. The Hall–Kier alpha value is -0.0400. The molecule has 2 aliphatic carbocycles. The third-order valence-electron chi connectivity index (χ3n) is 4.59. The lowest BCUT2D eigenvalue weighted by Crippen LogP contribution is -2.39. The van der Waals surface area contributed by atoms with Crippen molar-refractivity contribution in [3.8, 4) is 0 Å². The molecule has 1 heteroatoms. The van der Waals surface area contributed by atoms with Crippen molar-refractivity contribution in [1.29, 1.82) is 0 Å². The molecule has 2 rings (SSSR count). The topological polar surface area (TPSA) is 20.2 Å². The van der Waals surface area contributed by atoms with Gasteiger partial charge in [0.25, 0.3) is 0 Å². The molecule has 0 bridgehead atoms. The fraction of sp³-hybridized carbons (Fsp3) is 1.00. The Morgan fingerprint density at radius 1 is 1.14 bits per heavy atom. The van der Waals surface area contributed by atoms with Crippen LogP contribution >= 0.6 is 0 Å². The van der Waals surface area contributed by atoms with Crippen LogP contribution in [0.5, 0.6) is 0 Å². The lowest BCUT2D eigenvalue weighted by molar-refractivity contribution is -0.0443. The Kier molecular flexibility index (Phi) is 2.88. The van der Waals surface area contributed by atoms with Gasteiger partial charge in [0.15, 0.2) is 0 Å². The zero-order valence-corrected chi connectivity index (χ0v) is 9.63. The maximum atomic E-state index is 10.5. The van der Waals surface area contributed by atoms with Crippen LogP contribution in [-0.4, -0.2) is 10.7 Å². The molecule has 0 spiro atoms. The summed E-state index contributed by atoms with van der Waals surface area (Å²) in [5.74, 6) is 2.11. The van der Waals surface area contributed by atoms with Gasteiger partial charge in [0.05, 0.1) is 5.60 Å². The number of rotatable bonds is 3. The van der Waals surface area contributed by atoms with E-state index in [9.17, 15) is 5.11 Å². The highest BCUT2D eigenvalue weighted by Gasteiger charge is 2.46. The Balaban J connectivity index is 1.95. The molecule has 0 saturated heterocycles. The minimum atomic E-state index is -0.339. The van der Waals surface area contributed by atoms with E-state index in [0.717, 1.165) is 5.92 Å². The SMILES string of the molecule is CCC1CCCC(C(C)(O)C2CC2)C1. The molecule has 2 aliphatic rings. The zero-order chi connectivity index (χ0) is 10.2. The van der Waals surface area contributed by atoms with Crippen LogP contribution in [0.1, 0.15) is 58.8 Å². The second-order valence-electron chi connectivity index (χ2n) is 5.64. The number of hydrogen-bond donors (Lipinski definition) is 1. The first-order chi connectivity index (χ1) is 6.64. The first-order valence-electron chi connectivity index (χ1n) is 6.37. The lowest BCUT2D eigenvalue weighted by Gasteiger charge is -2.39. The fourth-order valence-corrected chi connectivity index (χ4v) is 3.19. The standard InChI is InChI=1S/C13H24O/c1-3-10-5-4-6-12(9-10)13(2,14)11-7-8-11/h10-12,14H,3-9H2,1-2H3. The van der Waals surface area contributed by atoms with E-state index in [-0.39, 0.29) is 5.60 Å². The summed E-state index contributed by atoms with van der Waals surface area (Å²) in [5.41, 5.74) is -0.339. The van der Waals surface area contributed by atoms with Crippen molar-refractivity contribution >= 4 is 0 Å². The monoisotopic (exact) mass is 196 g/mol. The number of hydrogen-bond acceptors (Lipinski definition) is 1. The molecule has 2 saturated carbocycles. The van der Waals surface area contributed by atoms with Gasteiger partial charge in [-0.1, -0.05) is 26.2 Å². The van der Waals surface area contributed by atoms with Gasteiger partial charge in [-0.05, 0) is 50.4 Å². The molecular formula is C13H24O. The molecule has 0 aliphatic heterocycles. The first kappa shape index (κ1) is 10.5. The third-order valence-corrected chi connectivity index (χ3v) is 4.59. The largest absolute Gasteiger partial charge is 0.390 e. The quantitative estimate of drug-likeness (QED) is 0.734. The summed E-state index contributed by atoms with van der Waals surface area (Å²) in [6.07, 6.45) is 9.11. The van der Waals surface area contributed by atoms with Crippen molar-refractivity contribution in [2.45, 2.75) is 64.4 Å². The average molecular weight is 196 g/mol. The molecule has 2 fully saturated rings. The van der Waals surface area contributed by atoms with Crippen LogP contribution in [0.25, 0.3) is 0 Å². The van der Waals surface area contributed by atoms with Gasteiger partial charge in [0.2, 0.25) is 0 Å². The summed E-state index contributed by atoms with van der Waals surface area (Å²) in [5, 5.41) is 10.5. The van der Waals surface area contributed by atoms with Crippen LogP contribution in [0, 0.1) is 17.8 Å². The predicted molar refractivity (Wildman–Crippen MR) is 59.1 cm³/mol. The predicted octanol–water partition coefficient (Wildman–Crippen LogP) is 3.36. The molecule has 0 heterocycles. The van der Waals surface area contributed by atoms with E-state index >= 15 is 0 Å². The van der Waals surface area contributed by atoms with Gasteiger partial charge in [-0.3, -0.25) is 0 Å². The lowest BCUT2D eigenvalue weighted by atomic mass is 9.71. The maximum absolute atomic E-state index is 10.5. The molecule has 1 nitrogen and oxygen atoms in total. The van der Waals surface area contributed by atoms with Gasteiger partial charge in [-0.25, -0.2) is 0 Å². The molecule has 0 amide bonds. The minimum absolute atomic E-state index is 0.339. The zero-order valence-electron chi connectivity index (χ0n) is 9.63. The molecule has 82 valence electrons. The normalized spacial score (nSPS) is 37.9. The highest BCUT2D eigenvalue weighted by atomic mass is 16.3. The highest BCUT2D eigenvalue weighted by Crippen LogP contribution is 2.48. The molecular weight excluding hydrogens is 172 g/mol. The van der Waals surface area contributed by atoms with Crippen LogP contribution in [-0.2, 0) is 0 Å². The van der Waals surface area contributed by atoms with E-state index in [4.69, 9.17) is 0 Å². The smallest absolute Gasteiger partial charge is 0.0675 e. The van der Waals surface area contributed by atoms with Crippen LogP contribution in [0.15, 0.2) is 0 Å². The molecule has 3 atom stereocenters. The summed E-state index contributed by atoms with van der Waals surface area (Å²) >= 11 is 0. The Morgan fingerprint density at radius 2 is 1.86 bits per heavy atom. The van der Waals surface area contributed by atoms with Crippen LogP contribution in [0.2, 0.25) is 0 Å².